The minimum Gasteiger partial charge on any atom is -0.493 e. The van der Waals surface area contributed by atoms with Gasteiger partial charge in [-0.25, -0.2) is 4.79 Å². The SMILES string of the molecule is COc1cc(/C=C(\C#N)C(=O)N2CCOCC2)ccc1OC(=O)COc1cccc(Cl)c1. The first-order valence-corrected chi connectivity index (χ1v) is 10.1. The second-order valence-electron chi connectivity index (χ2n) is 6.70. The lowest BCUT2D eigenvalue weighted by Gasteiger charge is -2.26. The zero-order valence-electron chi connectivity index (χ0n) is 17.4. The van der Waals surface area contributed by atoms with E-state index in [9.17, 15) is 14.9 Å². The Morgan fingerprint density at radius 2 is 1.97 bits per heavy atom. The Balaban J connectivity index is 1.68. The monoisotopic (exact) mass is 456 g/mol. The molecule has 1 heterocycles. The number of hydrogen-bond acceptors (Lipinski definition) is 7. The van der Waals surface area contributed by atoms with Gasteiger partial charge in [0.2, 0.25) is 0 Å². The molecule has 0 saturated carbocycles. The van der Waals surface area contributed by atoms with Crippen LogP contribution in [0.25, 0.3) is 6.08 Å². The number of morpholine rings is 1. The molecule has 3 rings (SSSR count). The average Bonchev–Trinajstić information content (AvgIpc) is 2.82. The Bertz CT molecular complexity index is 1060. The summed E-state index contributed by atoms with van der Waals surface area (Å²) in [7, 11) is 1.42. The van der Waals surface area contributed by atoms with E-state index in [1.807, 2.05) is 6.07 Å². The minimum absolute atomic E-state index is 0.00591. The van der Waals surface area contributed by atoms with Gasteiger partial charge in [0.05, 0.1) is 20.3 Å². The molecule has 1 aliphatic heterocycles. The molecular formula is C23H21ClN2O6. The molecule has 1 aliphatic rings. The summed E-state index contributed by atoms with van der Waals surface area (Å²) in [5, 5.41) is 9.93. The second-order valence-corrected chi connectivity index (χ2v) is 7.14. The van der Waals surface area contributed by atoms with Crippen molar-refractivity contribution in [3.05, 3.63) is 58.6 Å². The maximum atomic E-state index is 12.6. The molecule has 0 bridgehead atoms. The van der Waals surface area contributed by atoms with Crippen molar-refractivity contribution in [1.82, 2.24) is 4.90 Å². The lowest BCUT2D eigenvalue weighted by molar-refractivity contribution is -0.136. The zero-order valence-corrected chi connectivity index (χ0v) is 18.1. The Morgan fingerprint density at radius 3 is 2.66 bits per heavy atom. The first kappa shape index (κ1) is 23.1. The number of amides is 1. The highest BCUT2D eigenvalue weighted by atomic mass is 35.5. The molecule has 0 spiro atoms. The van der Waals surface area contributed by atoms with Crippen LogP contribution in [0.3, 0.4) is 0 Å². The fraction of sp³-hybridized carbons (Fsp3) is 0.261. The first-order valence-electron chi connectivity index (χ1n) is 9.76. The number of methoxy groups -OCH3 is 1. The fourth-order valence-electron chi connectivity index (χ4n) is 2.95. The van der Waals surface area contributed by atoms with Crippen molar-refractivity contribution in [2.45, 2.75) is 0 Å². The maximum absolute atomic E-state index is 12.6. The third kappa shape index (κ3) is 6.23. The van der Waals surface area contributed by atoms with Gasteiger partial charge in [0.1, 0.15) is 17.4 Å². The normalized spacial score (nSPS) is 13.8. The smallest absolute Gasteiger partial charge is 0.349 e. The minimum atomic E-state index is -0.633. The molecule has 0 N–H and O–H groups in total. The van der Waals surface area contributed by atoms with Crippen molar-refractivity contribution in [3.8, 4) is 23.3 Å². The van der Waals surface area contributed by atoms with E-state index < -0.39 is 5.97 Å². The van der Waals surface area contributed by atoms with E-state index >= 15 is 0 Å². The molecule has 1 amide bonds. The van der Waals surface area contributed by atoms with E-state index in [1.54, 1.807) is 41.3 Å². The number of hydrogen-bond donors (Lipinski definition) is 0. The molecule has 1 saturated heterocycles. The van der Waals surface area contributed by atoms with Crippen LogP contribution < -0.4 is 14.2 Å². The lowest BCUT2D eigenvalue weighted by atomic mass is 10.1. The molecule has 0 unspecified atom stereocenters. The van der Waals surface area contributed by atoms with Crippen molar-refractivity contribution < 1.29 is 28.5 Å². The molecule has 1 fully saturated rings. The molecule has 8 nitrogen and oxygen atoms in total. The van der Waals surface area contributed by atoms with E-state index in [-0.39, 0.29) is 29.6 Å². The summed E-state index contributed by atoms with van der Waals surface area (Å²) >= 11 is 5.89. The Kier molecular flexibility index (Phi) is 8.08. The Labute approximate surface area is 190 Å². The van der Waals surface area contributed by atoms with Gasteiger partial charge < -0.3 is 23.8 Å². The molecule has 166 valence electrons. The van der Waals surface area contributed by atoms with Crippen molar-refractivity contribution in [2.24, 2.45) is 0 Å². The number of rotatable bonds is 7. The zero-order chi connectivity index (χ0) is 22.9. The molecule has 0 radical (unpaired) electrons. The third-order valence-electron chi connectivity index (χ3n) is 4.52. The molecule has 2 aromatic rings. The third-order valence-corrected chi connectivity index (χ3v) is 4.76. The van der Waals surface area contributed by atoms with Crippen LogP contribution in [0.4, 0.5) is 0 Å². The summed E-state index contributed by atoms with van der Waals surface area (Å²) in [5.74, 6) is -0.0978. The molecule has 0 aliphatic carbocycles. The number of benzene rings is 2. The van der Waals surface area contributed by atoms with E-state index in [4.69, 9.17) is 30.5 Å². The molecule has 9 heteroatoms. The Morgan fingerprint density at radius 1 is 1.19 bits per heavy atom. The van der Waals surface area contributed by atoms with E-state index in [0.717, 1.165) is 0 Å². The number of esters is 1. The lowest BCUT2D eigenvalue weighted by Crippen LogP contribution is -2.41. The molecule has 0 atom stereocenters. The number of halogens is 1. The highest BCUT2D eigenvalue weighted by Gasteiger charge is 2.21. The summed E-state index contributed by atoms with van der Waals surface area (Å²) in [6.45, 7) is 1.44. The Hall–Kier alpha value is -3.54. The van der Waals surface area contributed by atoms with Crippen LogP contribution in [-0.2, 0) is 14.3 Å². The van der Waals surface area contributed by atoms with Gasteiger partial charge in [0, 0.05) is 18.1 Å². The van der Waals surface area contributed by atoms with E-state index in [2.05, 4.69) is 0 Å². The van der Waals surface area contributed by atoms with Crippen LogP contribution in [0.15, 0.2) is 48.0 Å². The van der Waals surface area contributed by atoms with Gasteiger partial charge in [0.25, 0.3) is 5.91 Å². The number of carbonyl (C=O) groups is 2. The summed E-state index contributed by atoms with van der Waals surface area (Å²) in [6, 6.07) is 13.3. The molecule has 32 heavy (non-hydrogen) atoms. The number of nitrogens with zero attached hydrogens (tertiary/aromatic N) is 2. The average molecular weight is 457 g/mol. The van der Waals surface area contributed by atoms with Crippen molar-refractivity contribution in [2.75, 3.05) is 40.0 Å². The summed E-state index contributed by atoms with van der Waals surface area (Å²) in [4.78, 5) is 26.3. The summed E-state index contributed by atoms with van der Waals surface area (Å²) < 4.78 is 21.2. The van der Waals surface area contributed by atoms with Crippen LogP contribution in [0.1, 0.15) is 5.56 Å². The largest absolute Gasteiger partial charge is 0.493 e. The van der Waals surface area contributed by atoms with Crippen molar-refractivity contribution in [1.29, 1.82) is 5.26 Å². The van der Waals surface area contributed by atoms with Gasteiger partial charge in [-0.1, -0.05) is 23.7 Å². The number of carbonyl (C=O) groups excluding carboxylic acids is 2. The van der Waals surface area contributed by atoms with Gasteiger partial charge in [0.15, 0.2) is 18.1 Å². The predicted octanol–water partition coefficient (Wildman–Crippen LogP) is 3.10. The first-order chi connectivity index (χ1) is 15.5. The van der Waals surface area contributed by atoms with Gasteiger partial charge in [-0.3, -0.25) is 4.79 Å². The summed E-state index contributed by atoms with van der Waals surface area (Å²) in [6.07, 6.45) is 1.47. The number of ether oxygens (including phenoxy) is 4. The van der Waals surface area contributed by atoms with E-state index in [0.29, 0.717) is 42.6 Å². The van der Waals surface area contributed by atoms with Crippen LogP contribution in [0, 0.1) is 11.3 Å². The topological polar surface area (TPSA) is 98.1 Å². The van der Waals surface area contributed by atoms with Crippen LogP contribution in [-0.4, -0.2) is 56.8 Å². The van der Waals surface area contributed by atoms with Crippen LogP contribution in [0.2, 0.25) is 5.02 Å². The van der Waals surface area contributed by atoms with Gasteiger partial charge >= 0.3 is 5.97 Å². The van der Waals surface area contributed by atoms with Crippen LogP contribution in [0.5, 0.6) is 17.2 Å². The van der Waals surface area contributed by atoms with Gasteiger partial charge in [-0.2, -0.15) is 5.26 Å². The predicted molar refractivity (Wildman–Crippen MR) is 117 cm³/mol. The standard InChI is InChI=1S/C23H21ClN2O6/c1-29-21-12-16(11-17(14-25)23(28)26-7-9-30-10-8-26)5-6-20(21)32-22(27)15-31-19-4-2-3-18(24)13-19/h2-6,11-13H,7-10,15H2,1H3/b17-11+. The van der Waals surface area contributed by atoms with E-state index in [1.165, 1.54) is 19.3 Å². The number of nitriles is 1. The quantitative estimate of drug-likeness (QED) is 0.273. The highest BCUT2D eigenvalue weighted by Crippen LogP contribution is 2.29. The second kappa shape index (κ2) is 11.2. The van der Waals surface area contributed by atoms with Crippen molar-refractivity contribution in [3.63, 3.8) is 0 Å². The molecule has 0 aromatic heterocycles. The van der Waals surface area contributed by atoms with Gasteiger partial charge in [-0.05, 0) is 42.0 Å². The highest BCUT2D eigenvalue weighted by molar-refractivity contribution is 6.30. The summed E-state index contributed by atoms with van der Waals surface area (Å²) in [5.41, 5.74) is 0.545. The fourth-order valence-corrected chi connectivity index (χ4v) is 3.13. The van der Waals surface area contributed by atoms with Gasteiger partial charge in [-0.15, -0.1) is 0 Å². The molecule has 2 aromatic carbocycles. The van der Waals surface area contributed by atoms with Crippen LogP contribution >= 0.6 is 11.6 Å². The molecular weight excluding hydrogens is 436 g/mol. The maximum Gasteiger partial charge on any atom is 0.349 e. The van der Waals surface area contributed by atoms with Crippen molar-refractivity contribution >= 4 is 29.6 Å².